The molecule has 6 nitrogen and oxygen atoms in total. The lowest BCUT2D eigenvalue weighted by Crippen LogP contribution is -2.49. The number of thiophene rings is 1. The summed E-state index contributed by atoms with van der Waals surface area (Å²) in [5.41, 5.74) is 2.87. The average molecular weight is 443 g/mol. The molecule has 2 heterocycles. The number of hydrogen-bond acceptors (Lipinski definition) is 6. The predicted molar refractivity (Wildman–Crippen MR) is 121 cm³/mol. The van der Waals surface area contributed by atoms with Gasteiger partial charge in [0.2, 0.25) is 5.91 Å². The second-order valence-corrected chi connectivity index (χ2v) is 9.88. The molecule has 0 fully saturated rings. The molecule has 0 spiro atoms. The molecule has 3 rings (SSSR count). The molecule has 0 aliphatic carbocycles. The van der Waals surface area contributed by atoms with Crippen molar-refractivity contribution in [1.29, 1.82) is 0 Å². The van der Waals surface area contributed by atoms with Crippen LogP contribution >= 0.6 is 22.9 Å². The number of nitrogens with one attached hydrogen (secondary N) is 1. The Bertz CT molecular complexity index is 1000. The summed E-state index contributed by atoms with van der Waals surface area (Å²) in [5, 5.41) is 10.6. The molecule has 0 aliphatic heterocycles. The van der Waals surface area contributed by atoms with Gasteiger partial charge >= 0.3 is 0 Å². The van der Waals surface area contributed by atoms with Crippen LogP contribution in [0.15, 0.2) is 41.1 Å². The molecule has 0 aliphatic rings. The second-order valence-electron chi connectivity index (χ2n) is 8.32. The molecule has 30 heavy (non-hydrogen) atoms. The Hall–Kier alpha value is -2.58. The maximum absolute atomic E-state index is 13.4. The topological polar surface area (TPSA) is 75.2 Å². The van der Waals surface area contributed by atoms with E-state index in [1.165, 1.54) is 11.3 Å². The maximum Gasteiger partial charge on any atom is 0.276 e. The van der Waals surface area contributed by atoms with Crippen molar-refractivity contribution >= 4 is 34.7 Å². The number of aromatic nitrogens is 2. The molecule has 8 heteroatoms. The van der Waals surface area contributed by atoms with Crippen molar-refractivity contribution in [1.82, 2.24) is 19.8 Å². The van der Waals surface area contributed by atoms with E-state index in [0.717, 1.165) is 33.1 Å². The number of nitrogens with zero attached hydrogens (tertiary/aromatic N) is 3. The van der Waals surface area contributed by atoms with E-state index in [1.807, 2.05) is 70.3 Å². The largest absolute Gasteiger partial charge is 0.349 e. The van der Waals surface area contributed by atoms with Crippen LogP contribution in [0, 0.1) is 13.8 Å². The van der Waals surface area contributed by atoms with E-state index in [9.17, 15) is 9.59 Å². The number of aryl methyl sites for hydroxylation is 2. The summed E-state index contributed by atoms with van der Waals surface area (Å²) in [7, 11) is 0. The van der Waals surface area contributed by atoms with Crippen molar-refractivity contribution < 1.29 is 9.59 Å². The molecular weight excluding hydrogens is 416 g/mol. The van der Waals surface area contributed by atoms with Crippen molar-refractivity contribution in [3.8, 4) is 0 Å². The zero-order valence-electron chi connectivity index (χ0n) is 17.8. The number of rotatable bonds is 6. The van der Waals surface area contributed by atoms with Crippen LogP contribution in [0.3, 0.4) is 0 Å². The number of carbonyl (C=O) groups excluding carboxylic acids is 2. The first-order chi connectivity index (χ1) is 14.2. The quantitative estimate of drug-likeness (QED) is 0.609. The normalized spacial score (nSPS) is 12.4. The summed E-state index contributed by atoms with van der Waals surface area (Å²) in [6.07, 6.45) is 0. The third kappa shape index (κ3) is 5.31. The van der Waals surface area contributed by atoms with Crippen molar-refractivity contribution in [2.45, 2.75) is 52.7 Å². The fourth-order valence-electron chi connectivity index (χ4n) is 3.08. The van der Waals surface area contributed by atoms with Gasteiger partial charge in [0.15, 0.2) is 5.69 Å². The highest BCUT2D eigenvalue weighted by atomic mass is 32.1. The van der Waals surface area contributed by atoms with E-state index in [2.05, 4.69) is 14.9 Å². The van der Waals surface area contributed by atoms with Crippen molar-refractivity contribution in [3.05, 3.63) is 68.4 Å². The van der Waals surface area contributed by atoms with E-state index < -0.39 is 11.6 Å². The van der Waals surface area contributed by atoms with Crippen LogP contribution in [0.25, 0.3) is 0 Å². The Kier molecular flexibility index (Phi) is 6.67. The monoisotopic (exact) mass is 442 g/mol. The lowest BCUT2D eigenvalue weighted by molar-refractivity contribution is -0.127. The van der Waals surface area contributed by atoms with E-state index >= 15 is 0 Å². The Morgan fingerprint density at radius 3 is 2.37 bits per heavy atom. The first kappa shape index (κ1) is 22.1. The number of benzene rings is 1. The molecule has 2 amide bonds. The molecule has 0 saturated heterocycles. The molecule has 2 aromatic heterocycles. The Morgan fingerprint density at radius 2 is 1.83 bits per heavy atom. The maximum atomic E-state index is 13.4. The van der Waals surface area contributed by atoms with Crippen LogP contribution in [0.5, 0.6) is 0 Å². The van der Waals surface area contributed by atoms with Gasteiger partial charge in [-0.3, -0.25) is 9.59 Å². The first-order valence-electron chi connectivity index (χ1n) is 9.65. The second kappa shape index (κ2) is 9.06. The molecular formula is C22H26N4O2S2. The van der Waals surface area contributed by atoms with Gasteiger partial charge in [0.1, 0.15) is 6.04 Å². The minimum Gasteiger partial charge on any atom is -0.349 e. The standard InChI is InChI=1S/C22H26N4O2S2/c1-14-6-8-16(9-7-14)12-26(21(28)17-13-30-25-24-17)18(19-15(2)10-11-29-19)20(27)23-22(3,4)5/h6-11,13,18H,12H2,1-5H3,(H,23,27)/t18-/m1/s1. The van der Waals surface area contributed by atoms with E-state index in [4.69, 9.17) is 0 Å². The van der Waals surface area contributed by atoms with Gasteiger partial charge in [-0.1, -0.05) is 34.3 Å². The highest BCUT2D eigenvalue weighted by Crippen LogP contribution is 2.32. The summed E-state index contributed by atoms with van der Waals surface area (Å²) in [6.45, 7) is 10.1. The lowest BCUT2D eigenvalue weighted by Gasteiger charge is -2.33. The highest BCUT2D eigenvalue weighted by molar-refractivity contribution is 7.10. The van der Waals surface area contributed by atoms with Crippen molar-refractivity contribution in [2.75, 3.05) is 0 Å². The van der Waals surface area contributed by atoms with Gasteiger partial charge in [0, 0.05) is 22.3 Å². The molecule has 0 radical (unpaired) electrons. The molecule has 1 aromatic carbocycles. The van der Waals surface area contributed by atoms with Gasteiger partial charge in [-0.2, -0.15) is 0 Å². The van der Waals surface area contributed by atoms with Crippen LogP contribution in [0.2, 0.25) is 0 Å². The zero-order chi connectivity index (χ0) is 21.9. The molecule has 158 valence electrons. The molecule has 3 aromatic rings. The zero-order valence-corrected chi connectivity index (χ0v) is 19.4. The van der Waals surface area contributed by atoms with Gasteiger partial charge in [0.05, 0.1) is 0 Å². The third-order valence-corrected chi connectivity index (χ3v) is 6.10. The van der Waals surface area contributed by atoms with Gasteiger partial charge in [-0.15, -0.1) is 16.4 Å². The van der Waals surface area contributed by atoms with Crippen LogP contribution in [-0.2, 0) is 11.3 Å². The Balaban J connectivity index is 2.07. The number of hydrogen-bond donors (Lipinski definition) is 1. The molecule has 0 saturated carbocycles. The molecule has 0 bridgehead atoms. The summed E-state index contributed by atoms with van der Waals surface area (Å²) < 4.78 is 3.83. The number of carbonyl (C=O) groups is 2. The molecule has 0 unspecified atom stereocenters. The minimum absolute atomic E-state index is 0.211. The average Bonchev–Trinajstić information content (AvgIpc) is 3.33. The van der Waals surface area contributed by atoms with Crippen LogP contribution in [0.1, 0.15) is 58.9 Å². The number of amides is 2. The van der Waals surface area contributed by atoms with Crippen LogP contribution in [-0.4, -0.2) is 31.8 Å². The fourth-order valence-corrected chi connectivity index (χ4v) is 4.55. The van der Waals surface area contributed by atoms with Crippen LogP contribution in [0.4, 0.5) is 0 Å². The smallest absolute Gasteiger partial charge is 0.276 e. The van der Waals surface area contributed by atoms with Crippen molar-refractivity contribution in [3.63, 3.8) is 0 Å². The highest BCUT2D eigenvalue weighted by Gasteiger charge is 2.36. The molecule has 1 N–H and O–H groups in total. The van der Waals surface area contributed by atoms with Crippen molar-refractivity contribution in [2.24, 2.45) is 0 Å². The van der Waals surface area contributed by atoms with E-state index in [0.29, 0.717) is 0 Å². The summed E-state index contributed by atoms with van der Waals surface area (Å²) >= 11 is 2.60. The van der Waals surface area contributed by atoms with Gasteiger partial charge in [0.25, 0.3) is 5.91 Å². The Labute approximate surface area is 185 Å². The summed E-state index contributed by atoms with van der Waals surface area (Å²) in [4.78, 5) is 29.3. The predicted octanol–water partition coefficient (Wildman–Crippen LogP) is 4.51. The minimum atomic E-state index is -0.764. The van der Waals surface area contributed by atoms with Gasteiger partial charge < -0.3 is 10.2 Å². The fraction of sp³-hybridized carbons (Fsp3) is 0.364. The first-order valence-corrected chi connectivity index (χ1v) is 11.4. The third-order valence-electron chi connectivity index (χ3n) is 4.52. The van der Waals surface area contributed by atoms with Gasteiger partial charge in [-0.05, 0) is 68.7 Å². The SMILES string of the molecule is Cc1ccc(CN(C(=O)c2csnn2)[C@@H](C(=O)NC(C)(C)C)c2sccc2C)cc1. The summed E-state index contributed by atoms with van der Waals surface area (Å²) in [5.74, 6) is -0.525. The Morgan fingerprint density at radius 1 is 1.13 bits per heavy atom. The molecule has 1 atom stereocenters. The van der Waals surface area contributed by atoms with Crippen LogP contribution < -0.4 is 5.32 Å². The lowest BCUT2D eigenvalue weighted by atomic mass is 10.0. The van der Waals surface area contributed by atoms with E-state index in [1.54, 1.807) is 10.3 Å². The van der Waals surface area contributed by atoms with E-state index in [-0.39, 0.29) is 24.1 Å². The van der Waals surface area contributed by atoms with Gasteiger partial charge in [-0.25, -0.2) is 0 Å². The summed E-state index contributed by atoms with van der Waals surface area (Å²) in [6, 6.07) is 9.17.